The Morgan fingerprint density at radius 2 is 1.90 bits per heavy atom. The number of carbonyl (C=O) groups excluding carboxylic acids is 1. The van der Waals surface area contributed by atoms with Crippen LogP contribution in [0.4, 0.5) is 5.69 Å². The van der Waals surface area contributed by atoms with E-state index in [9.17, 15) is 4.79 Å². The number of nitrogens with one attached hydrogen (secondary N) is 1. The number of benzene rings is 1. The Kier molecular flexibility index (Phi) is 5.36. The monoisotopic (exact) mass is 404 g/mol. The van der Waals surface area contributed by atoms with Crippen molar-refractivity contribution in [3.05, 3.63) is 93.5 Å². The first kappa shape index (κ1) is 19.2. The minimum Gasteiger partial charge on any atom is -0.343 e. The Morgan fingerprint density at radius 1 is 1.10 bits per heavy atom. The molecule has 0 aliphatic heterocycles. The molecule has 4 aromatic rings. The molecule has 3 aromatic heterocycles. The smallest absolute Gasteiger partial charge is 0.257 e. The normalized spacial score (nSPS) is 11.0. The second-order valence-electron chi connectivity index (χ2n) is 7.20. The van der Waals surface area contributed by atoms with Crippen LogP contribution >= 0.6 is 11.3 Å². The number of aryl methyl sites for hydroxylation is 2. The van der Waals surface area contributed by atoms with Gasteiger partial charge in [-0.3, -0.25) is 4.79 Å². The number of anilines is 1. The molecular weight excluding hydrogens is 380 g/mol. The zero-order valence-corrected chi connectivity index (χ0v) is 17.7. The van der Waals surface area contributed by atoms with Gasteiger partial charge in [0.05, 0.1) is 12.1 Å². The number of hydrogen-bond donors (Lipinski definition) is 1. The number of nitrogens with zero attached hydrogens (tertiary/aromatic N) is 3. The van der Waals surface area contributed by atoms with Gasteiger partial charge in [0, 0.05) is 40.9 Å². The van der Waals surface area contributed by atoms with E-state index in [1.54, 1.807) is 17.5 Å². The van der Waals surface area contributed by atoms with Crippen molar-refractivity contribution in [2.24, 2.45) is 0 Å². The van der Waals surface area contributed by atoms with Crippen molar-refractivity contribution in [1.29, 1.82) is 0 Å². The molecule has 0 saturated carbocycles. The third-order valence-electron chi connectivity index (χ3n) is 5.20. The number of imidazole rings is 1. The molecule has 1 aromatic carbocycles. The van der Waals surface area contributed by atoms with Crippen LogP contribution in [0.15, 0.2) is 60.2 Å². The molecule has 0 bridgehead atoms. The standard InChI is InChI=1S/C23H24N4OS/c1-16-13-22(17(2)27(16)15-21-5-4-12-29-21)23(28)25-20-8-6-19(7-9-20)14-26-11-10-24-18(26)3/h4-13H,14-15H2,1-3H3,(H,25,28). The summed E-state index contributed by atoms with van der Waals surface area (Å²) < 4.78 is 4.29. The lowest BCUT2D eigenvalue weighted by molar-refractivity contribution is 0.102. The maximum atomic E-state index is 12.9. The van der Waals surface area contributed by atoms with Gasteiger partial charge in [0.15, 0.2) is 0 Å². The Hall–Kier alpha value is -3.12. The third kappa shape index (κ3) is 4.17. The molecule has 0 aliphatic rings. The fraction of sp³-hybridized carbons (Fsp3) is 0.217. The average molecular weight is 405 g/mol. The van der Waals surface area contributed by atoms with Crippen molar-refractivity contribution in [3.63, 3.8) is 0 Å². The summed E-state index contributed by atoms with van der Waals surface area (Å²) in [4.78, 5) is 18.4. The van der Waals surface area contributed by atoms with Gasteiger partial charge in [-0.2, -0.15) is 0 Å². The molecule has 29 heavy (non-hydrogen) atoms. The molecule has 5 nitrogen and oxygen atoms in total. The molecule has 4 rings (SSSR count). The van der Waals surface area contributed by atoms with Gasteiger partial charge in [-0.25, -0.2) is 4.98 Å². The van der Waals surface area contributed by atoms with Gasteiger partial charge in [-0.1, -0.05) is 18.2 Å². The fourth-order valence-electron chi connectivity index (χ4n) is 3.49. The number of aromatic nitrogens is 3. The second-order valence-corrected chi connectivity index (χ2v) is 8.24. The molecular formula is C23H24N4OS. The number of hydrogen-bond acceptors (Lipinski definition) is 3. The maximum absolute atomic E-state index is 12.9. The van der Waals surface area contributed by atoms with Crippen molar-refractivity contribution in [3.8, 4) is 0 Å². The van der Waals surface area contributed by atoms with Crippen molar-refractivity contribution < 1.29 is 4.79 Å². The Bertz CT molecular complexity index is 1120. The first-order chi connectivity index (χ1) is 14.0. The summed E-state index contributed by atoms with van der Waals surface area (Å²) in [6.07, 6.45) is 3.77. The number of rotatable bonds is 6. The van der Waals surface area contributed by atoms with Gasteiger partial charge in [-0.15, -0.1) is 11.3 Å². The highest BCUT2D eigenvalue weighted by atomic mass is 32.1. The van der Waals surface area contributed by atoms with Crippen LogP contribution in [-0.2, 0) is 13.1 Å². The van der Waals surface area contributed by atoms with Crippen LogP contribution in [-0.4, -0.2) is 20.0 Å². The quantitative estimate of drug-likeness (QED) is 0.491. The Morgan fingerprint density at radius 3 is 2.55 bits per heavy atom. The SMILES string of the molecule is Cc1nccn1Cc1ccc(NC(=O)c2cc(C)n(Cc3cccs3)c2C)cc1. The molecule has 0 atom stereocenters. The molecule has 0 spiro atoms. The summed E-state index contributed by atoms with van der Waals surface area (Å²) in [6.45, 7) is 7.61. The molecule has 3 heterocycles. The molecule has 0 aliphatic carbocycles. The van der Waals surface area contributed by atoms with Crippen molar-refractivity contribution in [2.45, 2.75) is 33.9 Å². The lowest BCUT2D eigenvalue weighted by Crippen LogP contribution is -2.13. The summed E-state index contributed by atoms with van der Waals surface area (Å²) in [6, 6.07) is 14.1. The van der Waals surface area contributed by atoms with Crippen LogP contribution in [0.2, 0.25) is 0 Å². The zero-order valence-electron chi connectivity index (χ0n) is 16.8. The molecule has 1 amide bonds. The van der Waals surface area contributed by atoms with Gasteiger partial charge in [0.2, 0.25) is 0 Å². The predicted molar refractivity (Wildman–Crippen MR) is 118 cm³/mol. The third-order valence-corrected chi connectivity index (χ3v) is 6.06. The molecule has 0 unspecified atom stereocenters. The van der Waals surface area contributed by atoms with Crippen LogP contribution in [0.3, 0.4) is 0 Å². The van der Waals surface area contributed by atoms with E-state index in [2.05, 4.69) is 36.9 Å². The molecule has 6 heteroatoms. The Balaban J connectivity index is 1.46. The molecule has 0 radical (unpaired) electrons. The molecule has 1 N–H and O–H groups in total. The lowest BCUT2D eigenvalue weighted by Gasteiger charge is -2.10. The summed E-state index contributed by atoms with van der Waals surface area (Å²) in [5.41, 5.74) is 4.76. The number of carbonyl (C=O) groups is 1. The minimum atomic E-state index is -0.0752. The van der Waals surface area contributed by atoms with Crippen LogP contribution in [0.25, 0.3) is 0 Å². The van der Waals surface area contributed by atoms with Gasteiger partial charge in [0.1, 0.15) is 5.82 Å². The van der Waals surface area contributed by atoms with Crippen molar-refractivity contribution in [2.75, 3.05) is 5.32 Å². The van der Waals surface area contributed by atoms with E-state index < -0.39 is 0 Å². The molecule has 0 saturated heterocycles. The van der Waals surface area contributed by atoms with E-state index in [1.165, 1.54) is 10.4 Å². The molecule has 148 valence electrons. The topological polar surface area (TPSA) is 51.9 Å². The van der Waals surface area contributed by atoms with Gasteiger partial charge in [0.25, 0.3) is 5.91 Å². The van der Waals surface area contributed by atoms with Crippen molar-refractivity contribution >= 4 is 22.9 Å². The van der Waals surface area contributed by atoms with Crippen LogP contribution < -0.4 is 5.32 Å². The minimum absolute atomic E-state index is 0.0752. The van der Waals surface area contributed by atoms with E-state index in [0.29, 0.717) is 0 Å². The highest BCUT2D eigenvalue weighted by Gasteiger charge is 2.16. The lowest BCUT2D eigenvalue weighted by atomic mass is 10.2. The molecule has 0 fully saturated rings. The largest absolute Gasteiger partial charge is 0.343 e. The number of thiophene rings is 1. The number of amides is 1. The van der Waals surface area contributed by atoms with E-state index in [4.69, 9.17) is 0 Å². The first-order valence-electron chi connectivity index (χ1n) is 9.58. The van der Waals surface area contributed by atoms with Gasteiger partial charge < -0.3 is 14.5 Å². The van der Waals surface area contributed by atoms with Crippen LogP contribution in [0.5, 0.6) is 0 Å². The summed E-state index contributed by atoms with van der Waals surface area (Å²) in [5.74, 6) is 0.911. The summed E-state index contributed by atoms with van der Waals surface area (Å²) in [5, 5.41) is 5.11. The highest BCUT2D eigenvalue weighted by molar-refractivity contribution is 7.09. The van der Waals surface area contributed by atoms with Crippen LogP contribution in [0.1, 0.15) is 38.0 Å². The first-order valence-corrected chi connectivity index (χ1v) is 10.5. The highest BCUT2D eigenvalue weighted by Crippen LogP contribution is 2.21. The van der Waals surface area contributed by atoms with E-state index in [-0.39, 0.29) is 5.91 Å². The predicted octanol–water partition coefficient (Wildman–Crippen LogP) is 5.02. The van der Waals surface area contributed by atoms with Gasteiger partial charge in [-0.05, 0) is 56.0 Å². The van der Waals surface area contributed by atoms with E-state index in [0.717, 1.165) is 41.6 Å². The van der Waals surface area contributed by atoms with E-state index in [1.807, 2.05) is 57.3 Å². The van der Waals surface area contributed by atoms with E-state index >= 15 is 0 Å². The zero-order chi connectivity index (χ0) is 20.4. The summed E-state index contributed by atoms with van der Waals surface area (Å²) in [7, 11) is 0. The summed E-state index contributed by atoms with van der Waals surface area (Å²) >= 11 is 1.73. The fourth-order valence-corrected chi connectivity index (χ4v) is 4.18. The Labute approximate surface area is 174 Å². The second kappa shape index (κ2) is 8.09. The van der Waals surface area contributed by atoms with Gasteiger partial charge >= 0.3 is 0 Å². The average Bonchev–Trinajstić information content (AvgIpc) is 3.42. The van der Waals surface area contributed by atoms with Crippen LogP contribution in [0, 0.1) is 20.8 Å². The maximum Gasteiger partial charge on any atom is 0.257 e. The van der Waals surface area contributed by atoms with Crippen molar-refractivity contribution in [1.82, 2.24) is 14.1 Å².